The molecule has 1 atom stereocenters. The number of aryl methyl sites for hydroxylation is 2. The first-order valence-corrected chi connectivity index (χ1v) is 12.3. The summed E-state index contributed by atoms with van der Waals surface area (Å²) in [6, 6.07) is 1.61. The number of ether oxygens (including phenoxy) is 2. The van der Waals surface area contributed by atoms with E-state index in [1.54, 1.807) is 28.9 Å². The molecule has 31 heavy (non-hydrogen) atoms. The number of rotatable bonds is 8. The van der Waals surface area contributed by atoms with Crippen molar-refractivity contribution < 1.29 is 18.7 Å². The van der Waals surface area contributed by atoms with Gasteiger partial charge in [0.1, 0.15) is 16.2 Å². The number of hydrogen-bond donors (Lipinski definition) is 0. The Bertz CT molecular complexity index is 1140. The fourth-order valence-corrected chi connectivity index (χ4v) is 6.01. The molecule has 3 aromatic rings. The average molecular weight is 463 g/mol. The van der Waals surface area contributed by atoms with Crippen LogP contribution in [-0.4, -0.2) is 34.8 Å². The predicted molar refractivity (Wildman–Crippen MR) is 121 cm³/mol. The third kappa shape index (κ3) is 4.44. The SMILES string of the molecule is CCOC(=O)c1ccoc1CSc1nc2sc(C)c(CC)c2c(=O)n1CC1CCCO1. The van der Waals surface area contributed by atoms with E-state index in [0.717, 1.165) is 46.5 Å². The normalized spacial score (nSPS) is 16.3. The number of fused-ring (bicyclic) bond motifs is 1. The van der Waals surface area contributed by atoms with E-state index in [4.69, 9.17) is 18.9 Å². The van der Waals surface area contributed by atoms with Gasteiger partial charge in [0.2, 0.25) is 0 Å². The molecule has 3 aromatic heterocycles. The first kappa shape index (κ1) is 22.1. The zero-order valence-corrected chi connectivity index (χ0v) is 19.6. The molecular weight excluding hydrogens is 436 g/mol. The highest BCUT2D eigenvalue weighted by molar-refractivity contribution is 7.98. The van der Waals surface area contributed by atoms with Gasteiger partial charge < -0.3 is 13.9 Å². The fraction of sp³-hybridized carbons (Fsp3) is 0.500. The van der Waals surface area contributed by atoms with Gasteiger partial charge in [-0.1, -0.05) is 18.7 Å². The Morgan fingerprint density at radius 3 is 2.97 bits per heavy atom. The molecule has 1 aliphatic heterocycles. The maximum absolute atomic E-state index is 13.5. The first-order valence-electron chi connectivity index (χ1n) is 10.5. The predicted octanol–water partition coefficient (Wildman–Crippen LogP) is 4.57. The van der Waals surface area contributed by atoms with Crippen molar-refractivity contribution in [3.05, 3.63) is 44.4 Å². The van der Waals surface area contributed by atoms with Gasteiger partial charge in [0.25, 0.3) is 5.56 Å². The van der Waals surface area contributed by atoms with E-state index in [9.17, 15) is 9.59 Å². The Morgan fingerprint density at radius 1 is 1.42 bits per heavy atom. The maximum Gasteiger partial charge on any atom is 0.341 e. The van der Waals surface area contributed by atoms with Gasteiger partial charge >= 0.3 is 5.97 Å². The minimum absolute atomic E-state index is 0.0137. The molecule has 1 saturated heterocycles. The summed E-state index contributed by atoms with van der Waals surface area (Å²) in [5.74, 6) is 0.474. The summed E-state index contributed by atoms with van der Waals surface area (Å²) < 4.78 is 18.2. The van der Waals surface area contributed by atoms with Crippen LogP contribution < -0.4 is 5.56 Å². The first-order chi connectivity index (χ1) is 15.0. The van der Waals surface area contributed by atoms with Crippen LogP contribution in [0.2, 0.25) is 0 Å². The minimum Gasteiger partial charge on any atom is -0.468 e. The van der Waals surface area contributed by atoms with Gasteiger partial charge in [-0.2, -0.15) is 0 Å². The molecule has 4 heterocycles. The lowest BCUT2D eigenvalue weighted by Crippen LogP contribution is -2.29. The van der Waals surface area contributed by atoms with E-state index in [-0.39, 0.29) is 11.7 Å². The molecule has 0 aliphatic carbocycles. The molecule has 166 valence electrons. The van der Waals surface area contributed by atoms with E-state index in [0.29, 0.717) is 35.4 Å². The number of hydrogen-bond acceptors (Lipinski definition) is 8. The second-order valence-electron chi connectivity index (χ2n) is 7.38. The number of thiophene rings is 1. The Labute approximate surface area is 188 Å². The molecule has 0 spiro atoms. The lowest BCUT2D eigenvalue weighted by atomic mass is 10.1. The molecule has 0 bridgehead atoms. The summed E-state index contributed by atoms with van der Waals surface area (Å²) in [7, 11) is 0. The lowest BCUT2D eigenvalue weighted by Gasteiger charge is -2.16. The third-order valence-electron chi connectivity index (χ3n) is 5.41. The van der Waals surface area contributed by atoms with Crippen LogP contribution in [0.1, 0.15) is 53.2 Å². The van der Waals surface area contributed by atoms with Gasteiger partial charge in [0.15, 0.2) is 5.16 Å². The van der Waals surface area contributed by atoms with Crippen molar-refractivity contribution in [1.29, 1.82) is 0 Å². The number of aromatic nitrogens is 2. The summed E-state index contributed by atoms with van der Waals surface area (Å²) in [5.41, 5.74) is 1.46. The van der Waals surface area contributed by atoms with Gasteiger partial charge in [-0.05, 0) is 44.7 Å². The summed E-state index contributed by atoms with van der Waals surface area (Å²) in [5, 5.41) is 1.33. The van der Waals surface area contributed by atoms with Crippen LogP contribution in [0, 0.1) is 6.92 Å². The van der Waals surface area contributed by atoms with Crippen LogP contribution in [-0.2, 0) is 28.2 Å². The number of nitrogens with zero attached hydrogens (tertiary/aromatic N) is 2. The van der Waals surface area contributed by atoms with Crippen molar-refractivity contribution in [3.63, 3.8) is 0 Å². The number of esters is 1. The Balaban J connectivity index is 1.70. The standard InChI is InChI=1S/C22H26N2O5S2/c1-4-15-13(3)31-19-18(15)20(25)24(11-14-7-6-9-28-14)22(23-19)30-12-17-16(8-10-29-17)21(26)27-5-2/h8,10,14H,4-7,9,11-12H2,1-3H3. The number of carbonyl (C=O) groups is 1. The van der Waals surface area contributed by atoms with Crippen molar-refractivity contribution in [2.24, 2.45) is 0 Å². The molecule has 0 radical (unpaired) electrons. The summed E-state index contributed by atoms with van der Waals surface area (Å²) >= 11 is 2.95. The van der Waals surface area contributed by atoms with Gasteiger partial charge in [-0.3, -0.25) is 9.36 Å². The summed E-state index contributed by atoms with van der Waals surface area (Å²) in [4.78, 5) is 32.4. The Morgan fingerprint density at radius 2 is 2.26 bits per heavy atom. The average Bonchev–Trinajstić information content (AvgIpc) is 3.48. The highest BCUT2D eigenvalue weighted by Gasteiger charge is 2.24. The quantitative estimate of drug-likeness (QED) is 0.275. The van der Waals surface area contributed by atoms with Crippen LogP contribution >= 0.6 is 23.1 Å². The van der Waals surface area contributed by atoms with E-state index < -0.39 is 5.97 Å². The minimum atomic E-state index is -0.409. The molecular formula is C22H26N2O5S2. The lowest BCUT2D eigenvalue weighted by molar-refractivity contribution is 0.0524. The van der Waals surface area contributed by atoms with Gasteiger partial charge in [-0.15, -0.1) is 11.3 Å². The van der Waals surface area contributed by atoms with E-state index in [1.165, 1.54) is 18.0 Å². The molecule has 1 unspecified atom stereocenters. The zero-order chi connectivity index (χ0) is 22.0. The maximum atomic E-state index is 13.5. The molecule has 1 aliphatic rings. The molecule has 4 rings (SSSR count). The zero-order valence-electron chi connectivity index (χ0n) is 17.9. The molecule has 0 amide bonds. The molecule has 1 fully saturated rings. The largest absolute Gasteiger partial charge is 0.468 e. The van der Waals surface area contributed by atoms with Crippen LogP contribution in [0.15, 0.2) is 26.7 Å². The summed E-state index contributed by atoms with van der Waals surface area (Å²) in [6.45, 7) is 7.37. The van der Waals surface area contributed by atoms with Crippen molar-refractivity contribution in [2.45, 2.75) is 63.6 Å². The van der Waals surface area contributed by atoms with E-state index in [2.05, 4.69) is 6.92 Å². The second-order valence-corrected chi connectivity index (χ2v) is 9.53. The van der Waals surface area contributed by atoms with Crippen LogP contribution in [0.3, 0.4) is 0 Å². The third-order valence-corrected chi connectivity index (χ3v) is 7.43. The number of thioether (sulfide) groups is 1. The number of furan rings is 1. The van der Waals surface area contributed by atoms with Crippen molar-refractivity contribution in [2.75, 3.05) is 13.2 Å². The highest BCUT2D eigenvalue weighted by Crippen LogP contribution is 2.31. The van der Waals surface area contributed by atoms with Crippen molar-refractivity contribution >= 4 is 39.3 Å². The van der Waals surface area contributed by atoms with Gasteiger partial charge in [0, 0.05) is 11.5 Å². The molecule has 0 saturated carbocycles. The Kier molecular flexibility index (Phi) is 6.83. The van der Waals surface area contributed by atoms with Crippen LogP contribution in [0.4, 0.5) is 0 Å². The molecule has 7 nitrogen and oxygen atoms in total. The molecule has 0 N–H and O–H groups in total. The van der Waals surface area contributed by atoms with Gasteiger partial charge in [0.05, 0.1) is 36.7 Å². The molecule has 9 heteroatoms. The topological polar surface area (TPSA) is 83.6 Å². The van der Waals surface area contributed by atoms with E-state index >= 15 is 0 Å². The van der Waals surface area contributed by atoms with Crippen molar-refractivity contribution in [1.82, 2.24) is 9.55 Å². The van der Waals surface area contributed by atoms with Crippen LogP contribution in [0.5, 0.6) is 0 Å². The van der Waals surface area contributed by atoms with E-state index in [1.807, 2.05) is 6.92 Å². The highest BCUT2D eigenvalue weighted by atomic mass is 32.2. The second kappa shape index (κ2) is 9.58. The van der Waals surface area contributed by atoms with Crippen molar-refractivity contribution in [3.8, 4) is 0 Å². The fourth-order valence-electron chi connectivity index (χ4n) is 3.89. The number of carbonyl (C=O) groups excluding carboxylic acids is 1. The molecule has 0 aromatic carbocycles. The monoisotopic (exact) mass is 462 g/mol. The van der Waals surface area contributed by atoms with Crippen LogP contribution in [0.25, 0.3) is 10.2 Å². The Hall–Kier alpha value is -2.10. The summed E-state index contributed by atoms with van der Waals surface area (Å²) in [6.07, 6.45) is 4.23. The van der Waals surface area contributed by atoms with Gasteiger partial charge in [-0.25, -0.2) is 9.78 Å². The smallest absolute Gasteiger partial charge is 0.341 e.